The molecule has 5 heteroatoms. The van der Waals surface area contributed by atoms with E-state index in [0.29, 0.717) is 13.0 Å². The first-order valence-corrected chi connectivity index (χ1v) is 9.19. The summed E-state index contributed by atoms with van der Waals surface area (Å²) in [6, 6.07) is 15.3. The Kier molecular flexibility index (Phi) is 5.89. The van der Waals surface area contributed by atoms with Crippen LogP contribution in [0.2, 0.25) is 0 Å². The minimum Gasteiger partial charge on any atom is -0.334 e. The molecule has 0 saturated heterocycles. The van der Waals surface area contributed by atoms with Gasteiger partial charge in [-0.25, -0.2) is 4.79 Å². The number of hydrogen-bond donors (Lipinski definition) is 2. The van der Waals surface area contributed by atoms with Crippen LogP contribution in [0.3, 0.4) is 0 Å². The molecule has 0 aliphatic carbocycles. The van der Waals surface area contributed by atoms with Crippen molar-refractivity contribution in [3.8, 4) is 0 Å². The van der Waals surface area contributed by atoms with Crippen LogP contribution < -0.4 is 15.5 Å². The minimum atomic E-state index is -0.233. The maximum absolute atomic E-state index is 12.2. The summed E-state index contributed by atoms with van der Waals surface area (Å²) in [6.45, 7) is 3.36. The lowest BCUT2D eigenvalue weighted by Crippen LogP contribution is -2.36. The fourth-order valence-corrected chi connectivity index (χ4v) is 3.15. The molecule has 0 aromatic heterocycles. The summed E-state index contributed by atoms with van der Waals surface area (Å²) in [5.41, 5.74) is 3.89. The quantitative estimate of drug-likeness (QED) is 0.823. The van der Waals surface area contributed by atoms with Crippen molar-refractivity contribution in [3.63, 3.8) is 0 Å². The van der Waals surface area contributed by atoms with Gasteiger partial charge in [-0.2, -0.15) is 0 Å². The molecule has 3 rings (SSSR count). The number of benzene rings is 2. The van der Waals surface area contributed by atoms with Crippen molar-refractivity contribution in [2.24, 2.45) is 0 Å². The largest absolute Gasteiger partial charge is 0.334 e. The summed E-state index contributed by atoms with van der Waals surface area (Å²) in [7, 11) is 0. The molecule has 0 atom stereocenters. The second-order valence-corrected chi connectivity index (χ2v) is 6.54. The van der Waals surface area contributed by atoms with Gasteiger partial charge >= 0.3 is 6.03 Å². The smallest absolute Gasteiger partial charge is 0.319 e. The molecule has 0 saturated carbocycles. The molecule has 26 heavy (non-hydrogen) atoms. The molecule has 3 amide bonds. The topological polar surface area (TPSA) is 61.4 Å². The predicted octanol–water partition coefficient (Wildman–Crippen LogP) is 4.09. The van der Waals surface area contributed by atoms with E-state index < -0.39 is 0 Å². The summed E-state index contributed by atoms with van der Waals surface area (Å²) < 4.78 is 0. The van der Waals surface area contributed by atoms with Gasteiger partial charge in [0.05, 0.1) is 0 Å². The molecule has 0 spiro atoms. The zero-order valence-corrected chi connectivity index (χ0v) is 15.1. The van der Waals surface area contributed by atoms with E-state index in [0.717, 1.165) is 48.3 Å². The van der Waals surface area contributed by atoms with E-state index in [4.69, 9.17) is 0 Å². The molecule has 2 aromatic carbocycles. The van der Waals surface area contributed by atoms with Crippen LogP contribution in [-0.2, 0) is 17.8 Å². The lowest BCUT2D eigenvalue weighted by Gasteiger charge is -2.29. The van der Waals surface area contributed by atoms with Gasteiger partial charge in [0.1, 0.15) is 0 Å². The van der Waals surface area contributed by atoms with Crippen molar-refractivity contribution in [2.45, 2.75) is 39.2 Å². The molecule has 0 bridgehead atoms. The fraction of sp³-hybridized carbons (Fsp3) is 0.333. The number of fused-ring (bicyclic) bond motifs is 1. The van der Waals surface area contributed by atoms with E-state index in [1.54, 1.807) is 0 Å². The van der Waals surface area contributed by atoms with Gasteiger partial charge in [0.25, 0.3) is 0 Å². The normalized spacial score (nSPS) is 13.3. The van der Waals surface area contributed by atoms with Gasteiger partial charge in [0, 0.05) is 30.9 Å². The highest BCUT2D eigenvalue weighted by Gasteiger charge is 2.23. The fourth-order valence-electron chi connectivity index (χ4n) is 3.15. The monoisotopic (exact) mass is 351 g/mol. The Bertz CT molecular complexity index is 774. The molecule has 1 heterocycles. The van der Waals surface area contributed by atoms with Crippen LogP contribution in [0.25, 0.3) is 0 Å². The van der Waals surface area contributed by atoms with Crippen molar-refractivity contribution in [3.05, 3.63) is 59.7 Å². The number of rotatable bonds is 6. The number of nitrogens with zero attached hydrogens (tertiary/aromatic N) is 1. The third-order valence-electron chi connectivity index (χ3n) is 4.57. The third kappa shape index (κ3) is 4.42. The Morgan fingerprint density at radius 2 is 1.92 bits per heavy atom. The molecular formula is C21H25N3O2. The van der Waals surface area contributed by atoms with E-state index in [1.165, 1.54) is 0 Å². The third-order valence-corrected chi connectivity index (χ3v) is 4.57. The van der Waals surface area contributed by atoms with Crippen LogP contribution in [0.5, 0.6) is 0 Å². The zero-order valence-electron chi connectivity index (χ0n) is 15.1. The summed E-state index contributed by atoms with van der Waals surface area (Å²) in [6.07, 6.45) is 3.30. The molecule has 5 nitrogen and oxygen atoms in total. The zero-order chi connectivity index (χ0) is 18.4. The first-order valence-electron chi connectivity index (χ1n) is 9.19. The molecule has 0 radical (unpaired) electrons. The van der Waals surface area contributed by atoms with Crippen LogP contribution >= 0.6 is 0 Å². The average Bonchev–Trinajstić information content (AvgIpc) is 2.66. The van der Waals surface area contributed by atoms with Crippen LogP contribution in [0, 0.1) is 0 Å². The molecule has 136 valence electrons. The van der Waals surface area contributed by atoms with E-state index in [2.05, 4.69) is 17.6 Å². The highest BCUT2D eigenvalue weighted by atomic mass is 16.2. The number of carbonyl (C=O) groups excluding carboxylic acids is 2. The first-order chi connectivity index (χ1) is 12.7. The number of nitrogens with one attached hydrogen (secondary N) is 2. The Labute approximate surface area is 154 Å². The second-order valence-electron chi connectivity index (χ2n) is 6.54. The Balaban J connectivity index is 1.63. The van der Waals surface area contributed by atoms with E-state index in [-0.39, 0.29) is 11.9 Å². The van der Waals surface area contributed by atoms with Gasteiger partial charge < -0.3 is 15.5 Å². The summed E-state index contributed by atoms with van der Waals surface area (Å²) in [5.74, 6) is 0.187. The van der Waals surface area contributed by atoms with Crippen LogP contribution in [0.4, 0.5) is 16.2 Å². The van der Waals surface area contributed by atoms with Crippen molar-refractivity contribution >= 4 is 23.3 Å². The van der Waals surface area contributed by atoms with Crippen LogP contribution in [0.1, 0.15) is 37.3 Å². The minimum absolute atomic E-state index is 0.187. The average molecular weight is 351 g/mol. The van der Waals surface area contributed by atoms with Crippen LogP contribution in [0.15, 0.2) is 48.5 Å². The Hall–Kier alpha value is -2.82. The Morgan fingerprint density at radius 3 is 2.69 bits per heavy atom. The van der Waals surface area contributed by atoms with E-state index in [1.807, 2.05) is 53.4 Å². The Morgan fingerprint density at radius 1 is 1.12 bits per heavy atom. The lowest BCUT2D eigenvalue weighted by molar-refractivity contribution is -0.118. The molecule has 0 fully saturated rings. The SMILES string of the molecule is CCCCN1C(=O)CCc2cc(NC(=O)NCc3ccccc3)ccc21. The van der Waals surface area contributed by atoms with Gasteiger partial charge in [0.2, 0.25) is 5.91 Å². The maximum atomic E-state index is 12.2. The highest BCUT2D eigenvalue weighted by Crippen LogP contribution is 2.30. The number of amides is 3. The second kappa shape index (κ2) is 8.52. The lowest BCUT2D eigenvalue weighted by atomic mass is 10.00. The van der Waals surface area contributed by atoms with Crippen molar-refractivity contribution < 1.29 is 9.59 Å². The number of anilines is 2. The summed E-state index contributed by atoms with van der Waals surface area (Å²) in [4.78, 5) is 26.2. The first kappa shape index (κ1) is 18.0. The van der Waals surface area contributed by atoms with Gasteiger partial charge in [0.15, 0.2) is 0 Å². The number of unbranched alkanes of at least 4 members (excludes halogenated alkanes) is 1. The molecule has 1 aliphatic rings. The van der Waals surface area contributed by atoms with E-state index in [9.17, 15) is 9.59 Å². The number of aryl methyl sites for hydroxylation is 1. The van der Waals surface area contributed by atoms with Gasteiger partial charge in [-0.15, -0.1) is 0 Å². The standard InChI is InChI=1S/C21H25N3O2/c1-2-3-13-24-19-11-10-18(14-17(19)9-12-20(24)25)23-21(26)22-15-16-7-5-4-6-8-16/h4-8,10-11,14H,2-3,9,12-13,15H2,1H3,(H2,22,23,26). The molecule has 2 N–H and O–H groups in total. The van der Waals surface area contributed by atoms with Crippen molar-refractivity contribution in [1.29, 1.82) is 0 Å². The van der Waals surface area contributed by atoms with Gasteiger partial charge in [-0.3, -0.25) is 4.79 Å². The van der Waals surface area contributed by atoms with Crippen molar-refractivity contribution in [2.75, 3.05) is 16.8 Å². The molecule has 2 aromatic rings. The van der Waals surface area contributed by atoms with E-state index >= 15 is 0 Å². The summed E-state index contributed by atoms with van der Waals surface area (Å²) >= 11 is 0. The predicted molar refractivity (Wildman–Crippen MR) is 104 cm³/mol. The van der Waals surface area contributed by atoms with Gasteiger partial charge in [-0.1, -0.05) is 43.7 Å². The number of urea groups is 1. The highest BCUT2D eigenvalue weighted by molar-refractivity contribution is 5.97. The van der Waals surface area contributed by atoms with Crippen molar-refractivity contribution in [1.82, 2.24) is 5.32 Å². The number of hydrogen-bond acceptors (Lipinski definition) is 2. The van der Waals surface area contributed by atoms with Gasteiger partial charge in [-0.05, 0) is 42.2 Å². The number of carbonyl (C=O) groups is 2. The molecule has 0 unspecified atom stereocenters. The maximum Gasteiger partial charge on any atom is 0.319 e. The molecule has 1 aliphatic heterocycles. The van der Waals surface area contributed by atoms with Crippen LogP contribution in [-0.4, -0.2) is 18.5 Å². The molecular weight excluding hydrogens is 326 g/mol. The summed E-state index contributed by atoms with van der Waals surface area (Å²) in [5, 5.41) is 5.73.